The number of anilines is 1. The average Bonchev–Trinajstić information content (AvgIpc) is 2.87. The predicted octanol–water partition coefficient (Wildman–Crippen LogP) is 4.33. The van der Waals surface area contributed by atoms with Gasteiger partial charge in [0.2, 0.25) is 0 Å². The highest BCUT2D eigenvalue weighted by Gasteiger charge is 2.49. The molecule has 1 unspecified atom stereocenters. The van der Waals surface area contributed by atoms with Gasteiger partial charge in [0.1, 0.15) is 11.9 Å². The van der Waals surface area contributed by atoms with Crippen LogP contribution in [0.5, 0.6) is 0 Å². The number of hydrogen-bond acceptors (Lipinski definition) is 5. The predicted molar refractivity (Wildman–Crippen MR) is 144 cm³/mol. The Morgan fingerprint density at radius 1 is 1.13 bits per heavy atom. The first-order chi connectivity index (χ1) is 17.9. The molecule has 1 fully saturated rings. The molecule has 0 aliphatic carbocycles. The Bertz CT molecular complexity index is 1300. The summed E-state index contributed by atoms with van der Waals surface area (Å²) in [4.78, 5) is 33.4. The number of carbonyl (C=O) groups excluding carboxylic acids is 2. The van der Waals surface area contributed by atoms with E-state index in [0.717, 1.165) is 11.3 Å². The molecule has 1 aromatic heterocycles. The van der Waals surface area contributed by atoms with Crippen LogP contribution in [0, 0.1) is 5.82 Å². The van der Waals surface area contributed by atoms with Crippen molar-refractivity contribution in [2.75, 3.05) is 31.6 Å². The number of quaternary nitrogens is 1. The second-order valence-corrected chi connectivity index (χ2v) is 11.1. The highest BCUT2D eigenvalue weighted by molar-refractivity contribution is 6.05. The van der Waals surface area contributed by atoms with Crippen molar-refractivity contribution in [1.82, 2.24) is 9.88 Å². The fourth-order valence-corrected chi connectivity index (χ4v) is 5.54. The lowest BCUT2D eigenvalue weighted by molar-refractivity contribution is -0.943. The standard InChI is InChI=1S/C30H35FN4O3/c1-21-19-34(15-16-35(21,29(37)38)30(2,3)4)20-22-9-12-26(13-10-22)33(5)28(36)24-11-14-27(32-18-24)23-7-6-8-25(31)17-23/h6-14,17-18,21H,15-16,19-20H2,1-5H3/t21-,35?/m0/s1. The van der Waals surface area contributed by atoms with Crippen LogP contribution in [0.25, 0.3) is 11.3 Å². The van der Waals surface area contributed by atoms with Crippen molar-refractivity contribution >= 4 is 17.7 Å². The Hall–Kier alpha value is -3.62. The molecule has 2 aromatic carbocycles. The fourth-order valence-electron chi connectivity index (χ4n) is 5.54. The Kier molecular flexibility index (Phi) is 7.67. The molecule has 0 radical (unpaired) electrons. The largest absolute Gasteiger partial charge is 0.498 e. The maximum Gasteiger partial charge on any atom is 0.259 e. The molecule has 3 aromatic rings. The van der Waals surface area contributed by atoms with E-state index in [1.165, 1.54) is 18.3 Å². The lowest BCUT2D eigenvalue weighted by Gasteiger charge is -2.55. The maximum atomic E-state index is 13.5. The molecule has 38 heavy (non-hydrogen) atoms. The van der Waals surface area contributed by atoms with E-state index in [1.54, 1.807) is 36.2 Å². The molecule has 1 aliphatic rings. The number of pyridine rings is 1. The summed E-state index contributed by atoms with van der Waals surface area (Å²) in [5.74, 6) is -0.531. The molecule has 0 spiro atoms. The van der Waals surface area contributed by atoms with E-state index < -0.39 is 11.6 Å². The quantitative estimate of drug-likeness (QED) is 0.470. The molecule has 1 saturated heterocycles. The molecule has 2 atom stereocenters. The van der Waals surface area contributed by atoms with E-state index in [2.05, 4.69) is 9.88 Å². The third kappa shape index (κ3) is 5.33. The van der Waals surface area contributed by atoms with Gasteiger partial charge in [-0.15, -0.1) is 0 Å². The van der Waals surface area contributed by atoms with E-state index in [0.29, 0.717) is 43.0 Å². The molecule has 7 nitrogen and oxygen atoms in total. The zero-order chi connectivity index (χ0) is 27.7. The van der Waals surface area contributed by atoms with E-state index in [9.17, 15) is 19.1 Å². The molecule has 1 aliphatic heterocycles. The number of carboxylic acid groups (broad SMARTS) is 1. The summed E-state index contributed by atoms with van der Waals surface area (Å²) in [6, 6.07) is 17.3. The molecule has 4 rings (SSSR count). The summed E-state index contributed by atoms with van der Waals surface area (Å²) >= 11 is 0. The highest BCUT2D eigenvalue weighted by Crippen LogP contribution is 2.32. The molecule has 8 heteroatoms. The number of nitrogens with zero attached hydrogens (tertiary/aromatic N) is 4. The van der Waals surface area contributed by atoms with Crippen LogP contribution >= 0.6 is 0 Å². The van der Waals surface area contributed by atoms with Gasteiger partial charge in [-0.1, -0.05) is 24.3 Å². The highest BCUT2D eigenvalue weighted by atomic mass is 19.1. The van der Waals surface area contributed by atoms with E-state index in [1.807, 2.05) is 52.0 Å². The first kappa shape index (κ1) is 27.4. The van der Waals surface area contributed by atoms with Crippen molar-refractivity contribution < 1.29 is 23.6 Å². The maximum absolute atomic E-state index is 13.5. The van der Waals surface area contributed by atoms with Crippen LogP contribution in [0.1, 0.15) is 43.6 Å². The first-order valence-electron chi connectivity index (χ1n) is 12.8. The van der Waals surface area contributed by atoms with Crippen molar-refractivity contribution in [1.29, 1.82) is 0 Å². The first-order valence-corrected chi connectivity index (χ1v) is 12.8. The van der Waals surface area contributed by atoms with Crippen molar-refractivity contribution in [3.63, 3.8) is 0 Å². The van der Waals surface area contributed by atoms with Crippen LogP contribution in [-0.4, -0.2) is 64.6 Å². The van der Waals surface area contributed by atoms with Crippen LogP contribution in [0.2, 0.25) is 0 Å². The van der Waals surface area contributed by atoms with Gasteiger partial charge in [0.25, 0.3) is 12.0 Å². The van der Waals surface area contributed by atoms with E-state index >= 15 is 0 Å². The van der Waals surface area contributed by atoms with Crippen molar-refractivity contribution in [3.05, 3.63) is 83.8 Å². The van der Waals surface area contributed by atoms with Crippen molar-refractivity contribution in [2.24, 2.45) is 0 Å². The molecule has 2 heterocycles. The van der Waals surface area contributed by atoms with Gasteiger partial charge in [-0.3, -0.25) is 19.2 Å². The van der Waals surface area contributed by atoms with Gasteiger partial charge in [-0.25, -0.2) is 4.39 Å². The minimum absolute atomic E-state index is 0.0482. The molecule has 0 bridgehead atoms. The Labute approximate surface area is 223 Å². The second kappa shape index (κ2) is 10.6. The van der Waals surface area contributed by atoms with E-state index in [4.69, 9.17) is 0 Å². The number of aromatic nitrogens is 1. The Balaban J connectivity index is 1.39. The summed E-state index contributed by atoms with van der Waals surface area (Å²) in [6.07, 6.45) is 0.494. The minimum Gasteiger partial charge on any atom is -0.498 e. The van der Waals surface area contributed by atoms with Gasteiger partial charge in [-0.05, 0) is 69.7 Å². The van der Waals surface area contributed by atoms with Crippen LogP contribution in [0.4, 0.5) is 14.9 Å². The smallest absolute Gasteiger partial charge is 0.259 e. The number of halogens is 1. The van der Waals surface area contributed by atoms with Crippen LogP contribution in [0.3, 0.4) is 0 Å². The normalized spacial score (nSPS) is 20.2. The van der Waals surface area contributed by atoms with Gasteiger partial charge in [0.15, 0.2) is 0 Å². The monoisotopic (exact) mass is 518 g/mol. The number of piperazine rings is 1. The molecule has 0 N–H and O–H groups in total. The van der Waals surface area contributed by atoms with Crippen LogP contribution < -0.4 is 10.0 Å². The molecular weight excluding hydrogens is 483 g/mol. The minimum atomic E-state index is -1.01. The van der Waals surface area contributed by atoms with Crippen molar-refractivity contribution in [2.45, 2.75) is 45.8 Å². The lowest BCUT2D eigenvalue weighted by Crippen LogP contribution is -2.76. The number of amides is 2. The number of rotatable bonds is 5. The number of hydrogen-bond donors (Lipinski definition) is 0. The summed E-state index contributed by atoms with van der Waals surface area (Å²) in [7, 11) is 1.72. The third-order valence-corrected chi connectivity index (χ3v) is 7.73. The number of benzene rings is 2. The lowest BCUT2D eigenvalue weighted by atomic mass is 9.95. The summed E-state index contributed by atoms with van der Waals surface area (Å²) in [5, 5.41) is 12.1. The van der Waals surface area contributed by atoms with Gasteiger partial charge < -0.3 is 14.8 Å². The van der Waals surface area contributed by atoms with Gasteiger partial charge in [-0.2, -0.15) is 0 Å². The SMILES string of the molecule is C[C@H]1CN(Cc2ccc(N(C)C(=O)c3ccc(-c4cccc(F)c4)nc3)cc2)CC[N+]1(C(=O)[O-])C(C)(C)C. The zero-order valence-electron chi connectivity index (χ0n) is 22.6. The van der Waals surface area contributed by atoms with Gasteiger partial charge in [0, 0.05) is 37.6 Å². The van der Waals surface area contributed by atoms with E-state index in [-0.39, 0.29) is 22.2 Å². The fraction of sp³-hybridized carbons (Fsp3) is 0.367. The van der Waals surface area contributed by atoms with Gasteiger partial charge >= 0.3 is 0 Å². The molecule has 200 valence electrons. The summed E-state index contributed by atoms with van der Waals surface area (Å²) in [5.41, 5.74) is 3.08. The van der Waals surface area contributed by atoms with Gasteiger partial charge in [0.05, 0.1) is 29.9 Å². The Morgan fingerprint density at radius 2 is 1.84 bits per heavy atom. The summed E-state index contributed by atoms with van der Waals surface area (Å²) in [6.45, 7) is 10.4. The number of carbonyl (C=O) groups is 2. The average molecular weight is 519 g/mol. The second-order valence-electron chi connectivity index (χ2n) is 11.1. The van der Waals surface area contributed by atoms with Crippen LogP contribution in [-0.2, 0) is 6.54 Å². The Morgan fingerprint density at radius 3 is 2.39 bits per heavy atom. The molecule has 0 saturated carbocycles. The molecular formula is C30H35FN4O3. The summed E-state index contributed by atoms with van der Waals surface area (Å²) < 4.78 is 13.5. The van der Waals surface area contributed by atoms with Crippen molar-refractivity contribution in [3.8, 4) is 11.3 Å². The third-order valence-electron chi connectivity index (χ3n) is 7.73. The zero-order valence-corrected chi connectivity index (χ0v) is 22.6. The van der Waals surface area contributed by atoms with Crippen LogP contribution in [0.15, 0.2) is 66.9 Å². The molecule has 2 amide bonds. The topological polar surface area (TPSA) is 76.6 Å².